The highest BCUT2D eigenvalue weighted by Gasteiger charge is 2.44. The smallest absolute Gasteiger partial charge is 0.144 e. The van der Waals surface area contributed by atoms with Crippen LogP contribution >= 0.6 is 0 Å². The number of rotatable bonds is 3. The third-order valence-electron chi connectivity index (χ3n) is 11.8. The first-order valence-electron chi connectivity index (χ1n) is 18.9. The highest BCUT2D eigenvalue weighted by molar-refractivity contribution is 6.21. The number of hydrogen-bond acceptors (Lipinski definition) is 4. The predicted octanol–water partition coefficient (Wildman–Crippen LogP) is 13.6. The molecule has 0 spiro atoms. The van der Waals surface area contributed by atoms with E-state index in [0.717, 1.165) is 110 Å². The van der Waals surface area contributed by atoms with E-state index in [0.29, 0.717) is 0 Å². The molecule has 0 saturated heterocycles. The van der Waals surface area contributed by atoms with Crippen molar-refractivity contribution >= 4 is 77.1 Å². The Morgan fingerprint density at radius 1 is 0.491 bits per heavy atom. The van der Waals surface area contributed by atoms with Gasteiger partial charge < -0.3 is 13.3 Å². The standard InChI is InChI=1S/C51H35NO3/c1-30-28-31(2)49(39-20-11-19-38-36-16-7-10-23-43(36)55-50(38)39)52-32(3)51(33-14-5-4-6-15-33,34-26-27-44-40(29-34)37-17-8-9-22-42(37)53-44)41-21-13-25-46-48(41)47-35(30)18-12-24-45(47)54-46/h4-27,29,32H,1-3H3/b52-49+. The minimum atomic E-state index is -0.803. The summed E-state index contributed by atoms with van der Waals surface area (Å²) in [5, 5.41) is 6.46. The maximum Gasteiger partial charge on any atom is 0.144 e. The van der Waals surface area contributed by atoms with E-state index >= 15 is 0 Å². The zero-order chi connectivity index (χ0) is 36.8. The van der Waals surface area contributed by atoms with Crippen LogP contribution in [-0.2, 0) is 5.41 Å². The molecule has 4 heteroatoms. The normalized spacial score (nSPS) is 18.6. The summed E-state index contributed by atoms with van der Waals surface area (Å²) in [6.07, 6.45) is 0. The Hall–Kier alpha value is -6.87. The van der Waals surface area contributed by atoms with Crippen LogP contribution in [0, 0.1) is 0 Å². The van der Waals surface area contributed by atoms with Gasteiger partial charge in [-0.3, -0.25) is 4.99 Å². The molecule has 262 valence electrons. The van der Waals surface area contributed by atoms with Gasteiger partial charge in [0, 0.05) is 43.5 Å². The number of para-hydroxylation sites is 3. The molecule has 55 heavy (non-hydrogen) atoms. The Bertz CT molecular complexity index is 3290. The Morgan fingerprint density at radius 2 is 1.09 bits per heavy atom. The topological polar surface area (TPSA) is 51.8 Å². The SMILES string of the molecule is CC1=C=C(C)c2cccc3oc4cccc(c4c23)C(c2ccccc2)(c2ccc3oc4ccccc4c3c2)C(C)/N=C\1c1cccc2c1oc1ccccc12. The highest BCUT2D eigenvalue weighted by atomic mass is 16.3. The molecule has 10 aromatic rings. The van der Waals surface area contributed by atoms with Crippen molar-refractivity contribution in [2.24, 2.45) is 4.99 Å². The van der Waals surface area contributed by atoms with Gasteiger partial charge in [-0.15, -0.1) is 5.73 Å². The highest BCUT2D eigenvalue weighted by Crippen LogP contribution is 2.50. The number of allylic oxidation sites excluding steroid dienone is 1. The molecule has 0 N–H and O–H groups in total. The fourth-order valence-electron chi connectivity index (χ4n) is 9.37. The second kappa shape index (κ2) is 11.8. The van der Waals surface area contributed by atoms with Gasteiger partial charge in [0.15, 0.2) is 0 Å². The Balaban J connectivity index is 1.34. The molecule has 1 aliphatic heterocycles. The monoisotopic (exact) mass is 709 g/mol. The van der Waals surface area contributed by atoms with Gasteiger partial charge in [-0.2, -0.15) is 0 Å². The van der Waals surface area contributed by atoms with Crippen LogP contribution in [0.4, 0.5) is 0 Å². The van der Waals surface area contributed by atoms with Gasteiger partial charge in [0.25, 0.3) is 0 Å². The summed E-state index contributed by atoms with van der Waals surface area (Å²) in [5.41, 5.74) is 16.3. The van der Waals surface area contributed by atoms with Crippen LogP contribution in [0.15, 0.2) is 181 Å². The first kappa shape index (κ1) is 31.6. The summed E-state index contributed by atoms with van der Waals surface area (Å²) in [6, 6.07) is 52.9. The third-order valence-corrected chi connectivity index (χ3v) is 11.8. The molecule has 0 amide bonds. The number of aliphatic imine (C=N–C) groups is 1. The van der Waals surface area contributed by atoms with Crippen LogP contribution in [-0.4, -0.2) is 11.8 Å². The summed E-state index contributed by atoms with van der Waals surface area (Å²) < 4.78 is 19.8. The zero-order valence-electron chi connectivity index (χ0n) is 30.7. The lowest BCUT2D eigenvalue weighted by Gasteiger charge is -2.40. The van der Waals surface area contributed by atoms with Crippen molar-refractivity contribution in [2.45, 2.75) is 32.2 Å². The molecule has 0 bridgehead atoms. The van der Waals surface area contributed by atoms with Gasteiger partial charge in [-0.25, -0.2) is 0 Å². The van der Waals surface area contributed by atoms with E-state index in [9.17, 15) is 0 Å². The van der Waals surface area contributed by atoms with E-state index in [4.69, 9.17) is 18.2 Å². The van der Waals surface area contributed by atoms with E-state index in [1.54, 1.807) is 0 Å². The molecule has 0 fully saturated rings. The van der Waals surface area contributed by atoms with Gasteiger partial charge in [-0.05, 0) is 91.1 Å². The van der Waals surface area contributed by atoms with Crippen molar-refractivity contribution in [3.05, 3.63) is 191 Å². The fourth-order valence-corrected chi connectivity index (χ4v) is 9.37. The lowest BCUT2D eigenvalue weighted by Crippen LogP contribution is -2.40. The van der Waals surface area contributed by atoms with Gasteiger partial charge in [0.2, 0.25) is 0 Å². The summed E-state index contributed by atoms with van der Waals surface area (Å²) >= 11 is 0. The number of furan rings is 3. The van der Waals surface area contributed by atoms with Crippen LogP contribution in [0.5, 0.6) is 0 Å². The first-order valence-corrected chi connectivity index (χ1v) is 18.9. The van der Waals surface area contributed by atoms with Gasteiger partial charge in [0.05, 0.1) is 17.2 Å². The molecular weight excluding hydrogens is 675 g/mol. The average Bonchev–Trinajstić information content (AvgIpc) is 3.91. The largest absolute Gasteiger partial charge is 0.456 e. The summed E-state index contributed by atoms with van der Waals surface area (Å²) in [7, 11) is 0. The quantitative estimate of drug-likeness (QED) is 0.172. The molecule has 1 aliphatic rings. The zero-order valence-corrected chi connectivity index (χ0v) is 30.7. The Labute approximate surface area is 317 Å². The fraction of sp³-hybridized carbons (Fsp3) is 0.0980. The van der Waals surface area contributed by atoms with Gasteiger partial charge in [-0.1, -0.05) is 109 Å². The van der Waals surface area contributed by atoms with Crippen LogP contribution in [0.25, 0.3) is 71.4 Å². The lowest BCUT2D eigenvalue weighted by atomic mass is 9.64. The van der Waals surface area contributed by atoms with Crippen molar-refractivity contribution in [1.29, 1.82) is 0 Å². The number of hydrogen-bond donors (Lipinski definition) is 0. The lowest BCUT2D eigenvalue weighted by molar-refractivity contribution is 0.512. The van der Waals surface area contributed by atoms with E-state index in [2.05, 4.69) is 154 Å². The Morgan fingerprint density at radius 3 is 1.91 bits per heavy atom. The molecule has 11 rings (SSSR count). The van der Waals surface area contributed by atoms with Crippen LogP contribution < -0.4 is 0 Å². The molecule has 7 aromatic carbocycles. The van der Waals surface area contributed by atoms with E-state index in [1.165, 1.54) is 0 Å². The van der Waals surface area contributed by atoms with E-state index in [-0.39, 0.29) is 6.04 Å². The van der Waals surface area contributed by atoms with Gasteiger partial charge in [0.1, 0.15) is 33.5 Å². The summed E-state index contributed by atoms with van der Waals surface area (Å²) in [5.74, 6) is 0. The maximum atomic E-state index is 6.73. The molecular formula is C51H35NO3. The predicted molar refractivity (Wildman–Crippen MR) is 225 cm³/mol. The van der Waals surface area contributed by atoms with Crippen molar-refractivity contribution in [3.8, 4) is 0 Å². The molecule has 2 atom stereocenters. The van der Waals surface area contributed by atoms with Crippen molar-refractivity contribution in [1.82, 2.24) is 0 Å². The molecule has 2 unspecified atom stereocenters. The molecule has 0 radical (unpaired) electrons. The van der Waals surface area contributed by atoms with E-state index < -0.39 is 5.41 Å². The van der Waals surface area contributed by atoms with Crippen LogP contribution in [0.2, 0.25) is 0 Å². The average molecular weight is 710 g/mol. The number of fused-ring (bicyclic) bond motifs is 6. The molecule has 0 saturated carbocycles. The third kappa shape index (κ3) is 4.50. The van der Waals surface area contributed by atoms with Crippen molar-refractivity contribution in [3.63, 3.8) is 0 Å². The van der Waals surface area contributed by atoms with Crippen molar-refractivity contribution < 1.29 is 13.3 Å². The molecule has 0 aliphatic carbocycles. The Kier molecular flexibility index (Phi) is 6.80. The summed E-state index contributed by atoms with van der Waals surface area (Å²) in [4.78, 5) is 5.91. The van der Waals surface area contributed by atoms with Crippen LogP contribution in [0.3, 0.4) is 0 Å². The summed E-state index contributed by atoms with van der Waals surface area (Å²) in [6.45, 7) is 6.52. The number of nitrogens with zero attached hydrogens (tertiary/aromatic N) is 1. The number of benzene rings is 7. The minimum Gasteiger partial charge on any atom is -0.456 e. The van der Waals surface area contributed by atoms with Crippen molar-refractivity contribution in [2.75, 3.05) is 0 Å². The molecule has 4 nitrogen and oxygen atoms in total. The van der Waals surface area contributed by atoms with E-state index in [1.807, 2.05) is 24.3 Å². The maximum absolute atomic E-state index is 6.73. The second-order valence-corrected chi connectivity index (χ2v) is 14.8. The minimum absolute atomic E-state index is 0.349. The molecule has 3 aromatic heterocycles. The van der Waals surface area contributed by atoms with Gasteiger partial charge >= 0.3 is 0 Å². The molecule has 4 heterocycles. The van der Waals surface area contributed by atoms with Crippen LogP contribution in [0.1, 0.15) is 48.6 Å². The second-order valence-electron chi connectivity index (χ2n) is 14.8. The first-order chi connectivity index (χ1) is 27.0.